The third kappa shape index (κ3) is 6.39. The molecule has 0 spiro atoms. The van der Waals surface area contributed by atoms with Crippen molar-refractivity contribution in [1.29, 1.82) is 0 Å². The fourth-order valence-corrected chi connectivity index (χ4v) is 2.19. The minimum Gasteiger partial charge on any atom is -0.490 e. The Morgan fingerprint density at radius 1 is 1.04 bits per heavy atom. The van der Waals surface area contributed by atoms with E-state index in [4.69, 9.17) is 9.47 Å². The fraction of sp³-hybridized carbons (Fsp3) is 0.250. The second kappa shape index (κ2) is 10.7. The lowest BCUT2D eigenvalue weighted by Crippen LogP contribution is -2.37. The maximum Gasteiger partial charge on any atom is 0.329 e. The van der Waals surface area contributed by atoms with Crippen LogP contribution in [0.4, 0.5) is 4.39 Å². The molecule has 7 nitrogen and oxygen atoms in total. The maximum absolute atomic E-state index is 13.0. The Balaban J connectivity index is 2.02. The van der Waals surface area contributed by atoms with Gasteiger partial charge in [-0.1, -0.05) is 12.1 Å². The predicted octanol–water partition coefficient (Wildman–Crippen LogP) is 2.39. The number of amides is 2. The molecule has 0 heterocycles. The zero-order valence-electron chi connectivity index (χ0n) is 15.7. The first kappa shape index (κ1) is 20.9. The van der Waals surface area contributed by atoms with Crippen molar-refractivity contribution in [2.45, 2.75) is 20.5 Å². The van der Waals surface area contributed by atoms with Gasteiger partial charge in [-0.05, 0) is 55.3 Å². The summed E-state index contributed by atoms with van der Waals surface area (Å²) in [4.78, 5) is 22.8. The van der Waals surface area contributed by atoms with Crippen molar-refractivity contribution in [2.24, 2.45) is 5.10 Å². The molecule has 0 aliphatic carbocycles. The van der Waals surface area contributed by atoms with E-state index in [0.717, 1.165) is 5.56 Å². The molecule has 2 amide bonds. The molecule has 28 heavy (non-hydrogen) atoms. The monoisotopic (exact) mass is 387 g/mol. The fourth-order valence-electron chi connectivity index (χ4n) is 2.19. The molecule has 2 N–H and O–H groups in total. The van der Waals surface area contributed by atoms with Crippen molar-refractivity contribution in [1.82, 2.24) is 10.7 Å². The smallest absolute Gasteiger partial charge is 0.329 e. The summed E-state index contributed by atoms with van der Waals surface area (Å²) in [5.74, 6) is -0.874. The van der Waals surface area contributed by atoms with Crippen LogP contribution in [-0.4, -0.2) is 31.2 Å². The normalized spacial score (nSPS) is 10.5. The van der Waals surface area contributed by atoms with Crippen LogP contribution in [0.3, 0.4) is 0 Å². The zero-order chi connectivity index (χ0) is 20.4. The highest BCUT2D eigenvalue weighted by Crippen LogP contribution is 2.28. The number of hydrogen-bond acceptors (Lipinski definition) is 5. The lowest BCUT2D eigenvalue weighted by atomic mass is 10.2. The Kier molecular flexibility index (Phi) is 7.95. The van der Waals surface area contributed by atoms with Crippen LogP contribution >= 0.6 is 0 Å². The van der Waals surface area contributed by atoms with Gasteiger partial charge in [-0.15, -0.1) is 0 Å². The Labute approximate surface area is 162 Å². The minimum atomic E-state index is -0.845. The molecule has 2 aromatic carbocycles. The summed E-state index contributed by atoms with van der Waals surface area (Å²) in [5, 5.41) is 6.14. The van der Waals surface area contributed by atoms with Gasteiger partial charge in [0.05, 0.1) is 12.8 Å². The highest BCUT2D eigenvalue weighted by atomic mass is 19.1. The van der Waals surface area contributed by atoms with Crippen molar-refractivity contribution >= 4 is 18.0 Å². The third-order valence-electron chi connectivity index (χ3n) is 3.50. The van der Waals surface area contributed by atoms with E-state index in [1.807, 2.05) is 6.92 Å². The van der Waals surface area contributed by atoms with E-state index >= 15 is 0 Å². The van der Waals surface area contributed by atoms with Crippen molar-refractivity contribution in [3.63, 3.8) is 0 Å². The number of nitrogens with zero attached hydrogens (tertiary/aromatic N) is 1. The van der Waals surface area contributed by atoms with Crippen LogP contribution in [0.15, 0.2) is 47.6 Å². The Morgan fingerprint density at radius 3 is 2.46 bits per heavy atom. The van der Waals surface area contributed by atoms with Gasteiger partial charge in [0.25, 0.3) is 0 Å². The molecule has 148 valence electrons. The summed E-state index contributed by atoms with van der Waals surface area (Å²) < 4.78 is 24.3. The van der Waals surface area contributed by atoms with Crippen LogP contribution in [0.25, 0.3) is 0 Å². The van der Waals surface area contributed by atoms with Crippen molar-refractivity contribution in [3.8, 4) is 11.5 Å². The first-order valence-electron chi connectivity index (χ1n) is 8.78. The van der Waals surface area contributed by atoms with Gasteiger partial charge in [-0.3, -0.25) is 9.59 Å². The third-order valence-corrected chi connectivity index (χ3v) is 3.50. The van der Waals surface area contributed by atoms with Crippen LogP contribution in [-0.2, 0) is 16.2 Å². The molecule has 2 rings (SSSR count). The van der Waals surface area contributed by atoms with E-state index in [1.54, 1.807) is 37.3 Å². The second-order valence-corrected chi connectivity index (χ2v) is 5.61. The van der Waals surface area contributed by atoms with Gasteiger partial charge >= 0.3 is 11.8 Å². The number of hydrogen-bond donors (Lipinski definition) is 2. The van der Waals surface area contributed by atoms with Crippen molar-refractivity contribution in [3.05, 3.63) is 59.4 Å². The van der Waals surface area contributed by atoms with Gasteiger partial charge in [0.2, 0.25) is 0 Å². The van der Waals surface area contributed by atoms with Gasteiger partial charge in [-0.25, -0.2) is 9.82 Å². The van der Waals surface area contributed by atoms with Crippen LogP contribution < -0.4 is 20.2 Å². The average Bonchev–Trinajstić information content (AvgIpc) is 2.69. The summed E-state index contributed by atoms with van der Waals surface area (Å²) in [5.41, 5.74) is 3.62. The van der Waals surface area contributed by atoms with E-state index in [-0.39, 0.29) is 12.4 Å². The molecule has 0 bridgehead atoms. The molecule has 0 saturated carbocycles. The van der Waals surface area contributed by atoms with Gasteiger partial charge in [0.1, 0.15) is 12.4 Å². The molecule has 0 unspecified atom stereocenters. The summed E-state index contributed by atoms with van der Waals surface area (Å²) in [7, 11) is 0. The highest BCUT2D eigenvalue weighted by Gasteiger charge is 2.10. The molecule has 0 saturated heterocycles. The van der Waals surface area contributed by atoms with E-state index < -0.39 is 11.8 Å². The molecule has 8 heteroatoms. The highest BCUT2D eigenvalue weighted by molar-refractivity contribution is 6.35. The molecule has 0 aliphatic heterocycles. The molecule has 0 fully saturated rings. The number of rotatable bonds is 8. The first-order chi connectivity index (χ1) is 13.5. The maximum atomic E-state index is 13.0. The van der Waals surface area contributed by atoms with Crippen molar-refractivity contribution in [2.75, 3.05) is 13.2 Å². The summed E-state index contributed by atoms with van der Waals surface area (Å²) in [6.45, 7) is 4.60. The van der Waals surface area contributed by atoms with Crippen LogP contribution in [0, 0.1) is 5.82 Å². The molecular weight excluding hydrogens is 365 g/mol. The number of ether oxygens (including phenoxy) is 2. The molecule has 0 aliphatic rings. The van der Waals surface area contributed by atoms with Crippen LogP contribution in [0.2, 0.25) is 0 Å². The van der Waals surface area contributed by atoms with Crippen LogP contribution in [0.1, 0.15) is 25.0 Å². The summed E-state index contributed by atoms with van der Waals surface area (Å²) >= 11 is 0. The molecule has 2 aromatic rings. The quantitative estimate of drug-likeness (QED) is 0.414. The number of carbonyl (C=O) groups is 2. The topological polar surface area (TPSA) is 89.0 Å². The van der Waals surface area contributed by atoms with E-state index in [1.165, 1.54) is 18.3 Å². The van der Waals surface area contributed by atoms with Gasteiger partial charge in [0.15, 0.2) is 11.5 Å². The summed E-state index contributed by atoms with van der Waals surface area (Å²) in [6.07, 6.45) is 1.39. The summed E-state index contributed by atoms with van der Waals surface area (Å²) in [6, 6.07) is 11.2. The largest absolute Gasteiger partial charge is 0.490 e. The minimum absolute atomic E-state index is 0.260. The molecule has 0 atom stereocenters. The Hall–Kier alpha value is -3.42. The number of halogens is 1. The van der Waals surface area contributed by atoms with Gasteiger partial charge in [0, 0.05) is 6.54 Å². The Bertz CT molecular complexity index is 838. The van der Waals surface area contributed by atoms with E-state index in [0.29, 0.717) is 30.2 Å². The molecule has 0 radical (unpaired) electrons. The predicted molar refractivity (Wildman–Crippen MR) is 103 cm³/mol. The lowest BCUT2D eigenvalue weighted by Gasteiger charge is -2.12. The number of hydrazone groups is 1. The SMILES string of the molecule is CCNC(=O)C(=O)N/N=C\c1ccc(OCc2ccc(F)cc2)c(OCC)c1. The first-order valence-corrected chi connectivity index (χ1v) is 8.78. The average molecular weight is 387 g/mol. The van der Waals surface area contributed by atoms with E-state index in [2.05, 4.69) is 15.8 Å². The second-order valence-electron chi connectivity index (χ2n) is 5.61. The number of nitrogens with one attached hydrogen (secondary N) is 2. The van der Waals surface area contributed by atoms with Gasteiger partial charge in [-0.2, -0.15) is 5.10 Å². The van der Waals surface area contributed by atoms with Crippen molar-refractivity contribution < 1.29 is 23.5 Å². The van der Waals surface area contributed by atoms with Crippen LogP contribution in [0.5, 0.6) is 11.5 Å². The standard InChI is InChI=1S/C20H22FN3O4/c1-3-22-19(25)20(26)24-23-12-15-7-10-17(18(11-15)27-4-2)28-13-14-5-8-16(21)9-6-14/h5-12H,3-4,13H2,1-2H3,(H,22,25)(H,24,26)/b23-12-. The lowest BCUT2D eigenvalue weighted by molar-refractivity contribution is -0.139. The molecule has 0 aromatic heterocycles. The number of benzene rings is 2. The van der Waals surface area contributed by atoms with Gasteiger partial charge < -0.3 is 14.8 Å². The Morgan fingerprint density at radius 2 is 1.79 bits per heavy atom. The zero-order valence-corrected chi connectivity index (χ0v) is 15.7. The molecular formula is C20H22FN3O4. The van der Waals surface area contributed by atoms with E-state index in [9.17, 15) is 14.0 Å². The number of likely N-dealkylation sites (N-methyl/N-ethyl adjacent to an activating group) is 1. The number of carbonyl (C=O) groups excluding carboxylic acids is 2.